The van der Waals surface area contributed by atoms with Crippen LogP contribution >= 0.6 is 0 Å². The van der Waals surface area contributed by atoms with Crippen LogP contribution in [0.3, 0.4) is 0 Å². The van der Waals surface area contributed by atoms with Gasteiger partial charge in [0.25, 0.3) is 0 Å². The van der Waals surface area contributed by atoms with Crippen LogP contribution in [-0.2, 0) is 6.42 Å². The Morgan fingerprint density at radius 3 is 0.913 bits per heavy atom. The lowest BCUT2D eigenvalue weighted by molar-refractivity contribution is 1.19. The fourth-order valence-electron chi connectivity index (χ4n) is 1.43. The Kier molecular flexibility index (Phi) is 41.4. The van der Waals surface area contributed by atoms with E-state index in [1.54, 1.807) is 0 Å². The molecule has 0 amide bonds. The zero-order valence-electron chi connectivity index (χ0n) is 17.1. The highest BCUT2D eigenvalue weighted by Gasteiger charge is 1.92. The van der Waals surface area contributed by atoms with Crippen molar-refractivity contribution in [2.75, 3.05) is 7.05 Å². The average molecular weight is 320 g/mol. The first-order chi connectivity index (χ1) is 11.4. The van der Waals surface area contributed by atoms with Gasteiger partial charge in [-0.3, -0.25) is 0 Å². The zero-order valence-corrected chi connectivity index (χ0v) is 17.1. The predicted octanol–water partition coefficient (Wildman–Crippen LogP) is 6.96. The minimum atomic E-state index is 1.03. The van der Waals surface area contributed by atoms with Crippen LogP contribution in [0.4, 0.5) is 0 Å². The molecule has 0 saturated carbocycles. The first kappa shape index (κ1) is 29.4. The average Bonchev–Trinajstić information content (AvgIpc) is 2.71. The van der Waals surface area contributed by atoms with Crippen LogP contribution in [0.2, 0.25) is 0 Å². The van der Waals surface area contributed by atoms with Crippen molar-refractivity contribution in [2.45, 2.75) is 61.8 Å². The highest BCUT2D eigenvalue weighted by atomic mass is 14.4. The first-order valence-electron chi connectivity index (χ1n) is 9.11. The van der Waals surface area contributed by atoms with E-state index in [1.165, 1.54) is 18.2 Å². The van der Waals surface area contributed by atoms with Crippen molar-refractivity contribution >= 4 is 0 Å². The minimum absolute atomic E-state index is 1.03. The first-order valence-corrected chi connectivity index (χ1v) is 9.11. The molecule has 23 heavy (non-hydrogen) atoms. The largest absolute Gasteiger partial charge is 0.333 e. The number of rotatable bonds is 2. The standard InChI is InChI=1S/C13H12.4C2H6.CH5N/c1-3-7-12(8-4-1)11-13-9-5-2-6-10-13;5*1-2/h1-10H,11H2;4*1-2H3;2H2,1H3. The predicted molar refractivity (Wildman–Crippen MR) is 111 cm³/mol. The maximum absolute atomic E-state index is 4.50. The second kappa shape index (κ2) is 32.4. The summed E-state index contributed by atoms with van der Waals surface area (Å²) in [5, 5.41) is 0. The highest BCUT2D eigenvalue weighted by molar-refractivity contribution is 5.25. The van der Waals surface area contributed by atoms with Crippen LogP contribution in [0.25, 0.3) is 0 Å². The number of hydrogen-bond acceptors (Lipinski definition) is 1. The van der Waals surface area contributed by atoms with Crippen molar-refractivity contribution in [1.82, 2.24) is 0 Å². The Balaban J connectivity index is -0.000000156. The molecule has 0 spiro atoms. The normalized spacial score (nSPS) is 6.87. The third-order valence-electron chi connectivity index (χ3n) is 2.09. The maximum atomic E-state index is 4.50. The third-order valence-corrected chi connectivity index (χ3v) is 2.09. The van der Waals surface area contributed by atoms with Crippen molar-refractivity contribution in [3.63, 3.8) is 0 Å². The van der Waals surface area contributed by atoms with Crippen molar-refractivity contribution in [3.8, 4) is 0 Å². The Hall–Kier alpha value is -1.60. The van der Waals surface area contributed by atoms with Gasteiger partial charge < -0.3 is 5.73 Å². The Labute approximate surface area is 147 Å². The van der Waals surface area contributed by atoms with Crippen LogP contribution in [0.1, 0.15) is 66.5 Å². The molecule has 0 heterocycles. The van der Waals surface area contributed by atoms with E-state index in [0.717, 1.165) is 6.42 Å². The van der Waals surface area contributed by atoms with Gasteiger partial charge in [0.15, 0.2) is 0 Å². The monoisotopic (exact) mass is 319 g/mol. The Morgan fingerprint density at radius 1 is 0.478 bits per heavy atom. The Bertz CT molecular complexity index is 317. The highest BCUT2D eigenvalue weighted by Crippen LogP contribution is 2.07. The third kappa shape index (κ3) is 20.4. The molecule has 0 bridgehead atoms. The molecule has 0 atom stereocenters. The smallest absolute Gasteiger partial charge is 0.00258 e. The molecule has 0 aliphatic heterocycles. The summed E-state index contributed by atoms with van der Waals surface area (Å²) in [7, 11) is 1.50. The van der Waals surface area contributed by atoms with Crippen LogP contribution in [0, 0.1) is 0 Å². The van der Waals surface area contributed by atoms with E-state index >= 15 is 0 Å². The van der Waals surface area contributed by atoms with Crippen LogP contribution in [0.5, 0.6) is 0 Å². The summed E-state index contributed by atoms with van der Waals surface area (Å²) in [5.74, 6) is 0. The molecule has 0 fully saturated rings. The topological polar surface area (TPSA) is 26.0 Å². The molecule has 0 aliphatic carbocycles. The molecule has 2 aromatic rings. The van der Waals surface area contributed by atoms with Crippen molar-refractivity contribution in [2.24, 2.45) is 5.73 Å². The fourth-order valence-corrected chi connectivity index (χ4v) is 1.43. The lowest BCUT2D eigenvalue weighted by Gasteiger charge is -2.00. The van der Waals surface area contributed by atoms with Gasteiger partial charge in [-0.2, -0.15) is 0 Å². The maximum Gasteiger partial charge on any atom is -0.00258 e. The van der Waals surface area contributed by atoms with Gasteiger partial charge in [0.1, 0.15) is 0 Å². The van der Waals surface area contributed by atoms with Gasteiger partial charge in [0, 0.05) is 0 Å². The minimum Gasteiger partial charge on any atom is -0.333 e. The second-order valence-corrected chi connectivity index (χ2v) is 3.15. The SMILES string of the molecule is CC.CC.CC.CC.CN.c1ccc(Cc2ccccc2)cc1. The molecule has 1 nitrogen and oxygen atoms in total. The van der Waals surface area contributed by atoms with Gasteiger partial charge in [0.2, 0.25) is 0 Å². The molecule has 0 unspecified atom stereocenters. The van der Waals surface area contributed by atoms with Gasteiger partial charge in [0.05, 0.1) is 0 Å². The van der Waals surface area contributed by atoms with E-state index in [1.807, 2.05) is 55.4 Å². The fraction of sp³-hybridized carbons (Fsp3) is 0.455. The summed E-state index contributed by atoms with van der Waals surface area (Å²) in [6, 6.07) is 21.1. The van der Waals surface area contributed by atoms with Gasteiger partial charge in [-0.05, 0) is 24.6 Å². The molecule has 2 aromatic carbocycles. The lowest BCUT2D eigenvalue weighted by atomic mass is 10.1. The zero-order chi connectivity index (χ0) is 18.9. The van der Waals surface area contributed by atoms with Gasteiger partial charge in [-0.15, -0.1) is 0 Å². The van der Waals surface area contributed by atoms with E-state index < -0.39 is 0 Å². The molecule has 0 saturated heterocycles. The van der Waals surface area contributed by atoms with Crippen molar-refractivity contribution < 1.29 is 0 Å². The van der Waals surface area contributed by atoms with E-state index in [9.17, 15) is 0 Å². The summed E-state index contributed by atoms with van der Waals surface area (Å²) in [6.45, 7) is 16.0. The van der Waals surface area contributed by atoms with Crippen LogP contribution < -0.4 is 5.73 Å². The molecular weight excluding hydrogens is 278 g/mol. The Morgan fingerprint density at radius 2 is 0.696 bits per heavy atom. The number of hydrogen-bond donors (Lipinski definition) is 1. The van der Waals surface area contributed by atoms with Crippen molar-refractivity contribution in [3.05, 3.63) is 71.8 Å². The van der Waals surface area contributed by atoms with E-state index in [2.05, 4.69) is 66.4 Å². The van der Waals surface area contributed by atoms with Gasteiger partial charge in [-0.1, -0.05) is 116 Å². The van der Waals surface area contributed by atoms with E-state index in [4.69, 9.17) is 0 Å². The molecule has 134 valence electrons. The van der Waals surface area contributed by atoms with Crippen molar-refractivity contribution in [1.29, 1.82) is 0 Å². The molecule has 0 aromatic heterocycles. The van der Waals surface area contributed by atoms with Gasteiger partial charge in [-0.25, -0.2) is 0 Å². The quantitative estimate of drug-likeness (QED) is 0.636. The summed E-state index contributed by atoms with van der Waals surface area (Å²) in [5.41, 5.74) is 7.24. The summed E-state index contributed by atoms with van der Waals surface area (Å²) in [6.07, 6.45) is 1.03. The molecule has 2 N–H and O–H groups in total. The van der Waals surface area contributed by atoms with Gasteiger partial charge >= 0.3 is 0 Å². The molecular formula is C22H41N. The molecule has 1 heteroatoms. The second-order valence-electron chi connectivity index (χ2n) is 3.15. The summed E-state index contributed by atoms with van der Waals surface area (Å²) in [4.78, 5) is 0. The van der Waals surface area contributed by atoms with E-state index in [-0.39, 0.29) is 0 Å². The van der Waals surface area contributed by atoms with Crippen LogP contribution in [-0.4, -0.2) is 7.05 Å². The molecule has 0 aliphatic rings. The molecule has 2 rings (SSSR count). The summed E-state index contributed by atoms with van der Waals surface area (Å²) < 4.78 is 0. The summed E-state index contributed by atoms with van der Waals surface area (Å²) >= 11 is 0. The number of benzene rings is 2. The number of nitrogens with two attached hydrogens (primary N) is 1. The van der Waals surface area contributed by atoms with E-state index in [0.29, 0.717) is 0 Å². The van der Waals surface area contributed by atoms with Crippen LogP contribution in [0.15, 0.2) is 60.7 Å². The lowest BCUT2D eigenvalue weighted by Crippen LogP contribution is -1.85. The molecule has 0 radical (unpaired) electrons.